The summed E-state index contributed by atoms with van der Waals surface area (Å²) in [5.41, 5.74) is 0. The first-order valence-corrected chi connectivity index (χ1v) is 9.48. The van der Waals surface area contributed by atoms with Crippen LogP contribution in [0.15, 0.2) is 0 Å². The average molecular weight is 389 g/mol. The highest BCUT2D eigenvalue weighted by Gasteiger charge is 2.23. The molecule has 150 valence electrons. The van der Waals surface area contributed by atoms with Gasteiger partial charge in [0.05, 0.1) is 0 Å². The van der Waals surface area contributed by atoms with Crippen molar-refractivity contribution in [3.05, 3.63) is 0 Å². The van der Waals surface area contributed by atoms with Crippen molar-refractivity contribution in [2.75, 3.05) is 45.8 Å². The Bertz CT molecular complexity index is 475. The third kappa shape index (κ3) is 7.11. The van der Waals surface area contributed by atoms with Crippen molar-refractivity contribution in [3.63, 3.8) is 0 Å². The molecule has 3 amide bonds. The maximum absolute atomic E-state index is 12.2. The van der Waals surface area contributed by atoms with Gasteiger partial charge >= 0.3 is 0 Å². The highest BCUT2D eigenvalue weighted by molar-refractivity contribution is 5.85. The summed E-state index contributed by atoms with van der Waals surface area (Å²) in [4.78, 5) is 39.1. The van der Waals surface area contributed by atoms with Crippen molar-refractivity contribution in [2.45, 2.75) is 39.5 Å². The number of carbonyl (C=O) groups is 3. The monoisotopic (exact) mass is 388 g/mol. The predicted octanol–water partition coefficient (Wildman–Crippen LogP) is 0.631. The first-order valence-electron chi connectivity index (χ1n) is 9.48. The minimum Gasteiger partial charge on any atom is -0.356 e. The second kappa shape index (κ2) is 11.4. The summed E-state index contributed by atoms with van der Waals surface area (Å²) in [6.45, 7) is 8.54. The van der Waals surface area contributed by atoms with E-state index in [4.69, 9.17) is 0 Å². The summed E-state index contributed by atoms with van der Waals surface area (Å²) in [6, 6.07) is 0. The molecule has 0 aromatic rings. The largest absolute Gasteiger partial charge is 0.356 e. The van der Waals surface area contributed by atoms with E-state index in [1.807, 2.05) is 0 Å². The molecule has 7 nitrogen and oxygen atoms in total. The number of nitrogens with one attached hydrogen (secondary N) is 2. The maximum Gasteiger partial charge on any atom is 0.224 e. The fraction of sp³-hybridized carbons (Fsp3) is 0.833. The molecule has 1 atom stereocenters. The van der Waals surface area contributed by atoms with Crippen molar-refractivity contribution in [1.29, 1.82) is 0 Å². The first kappa shape index (κ1) is 22.7. The Morgan fingerprint density at radius 1 is 1.08 bits per heavy atom. The van der Waals surface area contributed by atoms with Crippen molar-refractivity contribution >= 4 is 30.1 Å². The van der Waals surface area contributed by atoms with E-state index in [2.05, 4.69) is 17.6 Å². The summed E-state index contributed by atoms with van der Waals surface area (Å²) < 4.78 is 0. The molecule has 2 N–H and O–H groups in total. The van der Waals surface area contributed by atoms with Crippen LogP contribution in [0.5, 0.6) is 0 Å². The molecule has 0 aromatic carbocycles. The lowest BCUT2D eigenvalue weighted by Crippen LogP contribution is -2.50. The Hall–Kier alpha value is -1.34. The molecule has 0 bridgehead atoms. The van der Waals surface area contributed by atoms with Crippen LogP contribution in [0.2, 0.25) is 0 Å². The van der Waals surface area contributed by atoms with Gasteiger partial charge in [-0.3, -0.25) is 14.4 Å². The number of amides is 3. The molecular formula is C18H33ClN4O3. The van der Waals surface area contributed by atoms with Gasteiger partial charge in [0.25, 0.3) is 0 Å². The van der Waals surface area contributed by atoms with Crippen molar-refractivity contribution in [2.24, 2.45) is 11.8 Å². The molecule has 8 heteroatoms. The molecule has 0 saturated carbocycles. The van der Waals surface area contributed by atoms with Crippen LogP contribution in [0.25, 0.3) is 0 Å². The zero-order chi connectivity index (χ0) is 18.2. The molecule has 1 unspecified atom stereocenters. The standard InChI is InChI=1S/C18H32N4O3.ClH/c1-14(16-3-6-19-7-4-16)13-17(24)20-8-5-18(25)22-11-9-21(10-12-22)15(2)23;/h14,16,19H,3-13H2,1-2H3,(H,20,24);1H. The van der Waals surface area contributed by atoms with Gasteiger partial charge in [-0.25, -0.2) is 0 Å². The Kier molecular flexibility index (Phi) is 9.94. The SMILES string of the molecule is CC(=O)N1CCN(C(=O)CCNC(=O)CC(C)C2CCNCC2)CC1.Cl. The quantitative estimate of drug-likeness (QED) is 0.699. The van der Waals surface area contributed by atoms with Crippen LogP contribution in [-0.4, -0.2) is 73.3 Å². The number of hydrogen-bond acceptors (Lipinski definition) is 4. The third-order valence-electron chi connectivity index (χ3n) is 5.43. The second-order valence-electron chi connectivity index (χ2n) is 7.26. The summed E-state index contributed by atoms with van der Waals surface area (Å²) in [6.07, 6.45) is 3.14. The topological polar surface area (TPSA) is 81.8 Å². The summed E-state index contributed by atoms with van der Waals surface area (Å²) in [5.74, 6) is 1.15. The number of rotatable bonds is 6. The van der Waals surface area contributed by atoms with Gasteiger partial charge < -0.3 is 20.4 Å². The van der Waals surface area contributed by atoms with E-state index in [0.717, 1.165) is 25.9 Å². The zero-order valence-corrected chi connectivity index (χ0v) is 16.8. The van der Waals surface area contributed by atoms with E-state index in [9.17, 15) is 14.4 Å². The van der Waals surface area contributed by atoms with Crippen LogP contribution >= 0.6 is 12.4 Å². The van der Waals surface area contributed by atoms with Crippen molar-refractivity contribution < 1.29 is 14.4 Å². The van der Waals surface area contributed by atoms with Gasteiger partial charge in [0.15, 0.2) is 0 Å². The molecule has 26 heavy (non-hydrogen) atoms. The smallest absolute Gasteiger partial charge is 0.224 e. The van der Waals surface area contributed by atoms with E-state index in [-0.39, 0.29) is 30.1 Å². The van der Waals surface area contributed by atoms with Crippen LogP contribution in [-0.2, 0) is 14.4 Å². The lowest BCUT2D eigenvalue weighted by atomic mass is 9.84. The lowest BCUT2D eigenvalue weighted by Gasteiger charge is -2.34. The van der Waals surface area contributed by atoms with Gasteiger partial charge in [0.2, 0.25) is 17.7 Å². The fourth-order valence-electron chi connectivity index (χ4n) is 3.68. The molecule has 2 rings (SSSR count). The highest BCUT2D eigenvalue weighted by atomic mass is 35.5. The van der Waals surface area contributed by atoms with Crippen LogP contribution in [0.3, 0.4) is 0 Å². The van der Waals surface area contributed by atoms with Crippen LogP contribution in [0.4, 0.5) is 0 Å². The van der Waals surface area contributed by atoms with E-state index < -0.39 is 0 Å². The summed E-state index contributed by atoms with van der Waals surface area (Å²) in [5, 5.41) is 6.23. The lowest BCUT2D eigenvalue weighted by molar-refractivity contribution is -0.138. The molecule has 0 aromatic heterocycles. The third-order valence-corrected chi connectivity index (χ3v) is 5.43. The van der Waals surface area contributed by atoms with Gasteiger partial charge in [0, 0.05) is 52.5 Å². The molecule has 2 aliphatic heterocycles. The van der Waals surface area contributed by atoms with Gasteiger partial charge in [-0.2, -0.15) is 0 Å². The molecule has 2 aliphatic rings. The second-order valence-corrected chi connectivity index (χ2v) is 7.26. The van der Waals surface area contributed by atoms with Gasteiger partial charge in [-0.05, 0) is 37.8 Å². The minimum absolute atomic E-state index is 0. The normalized spacial score (nSPS) is 19.5. The van der Waals surface area contributed by atoms with Gasteiger partial charge in [0.1, 0.15) is 0 Å². The highest BCUT2D eigenvalue weighted by Crippen LogP contribution is 2.24. The summed E-state index contributed by atoms with van der Waals surface area (Å²) >= 11 is 0. The van der Waals surface area contributed by atoms with E-state index in [1.165, 1.54) is 0 Å². The number of piperazine rings is 1. The van der Waals surface area contributed by atoms with E-state index in [1.54, 1.807) is 16.7 Å². The fourth-order valence-corrected chi connectivity index (χ4v) is 3.68. The van der Waals surface area contributed by atoms with E-state index >= 15 is 0 Å². The number of nitrogens with zero attached hydrogens (tertiary/aromatic N) is 2. The molecule has 0 radical (unpaired) electrons. The Labute approximate surface area is 162 Å². The molecule has 2 saturated heterocycles. The number of carbonyl (C=O) groups excluding carboxylic acids is 3. The first-order chi connectivity index (χ1) is 12.0. The van der Waals surface area contributed by atoms with Gasteiger partial charge in [-0.15, -0.1) is 12.4 Å². The van der Waals surface area contributed by atoms with Crippen molar-refractivity contribution in [3.8, 4) is 0 Å². The van der Waals surface area contributed by atoms with Crippen LogP contribution < -0.4 is 10.6 Å². The molecule has 2 heterocycles. The molecule has 0 aliphatic carbocycles. The minimum atomic E-state index is 0. The van der Waals surface area contributed by atoms with Crippen LogP contribution in [0.1, 0.15) is 39.5 Å². The number of halogens is 1. The molecule has 2 fully saturated rings. The molecular weight excluding hydrogens is 356 g/mol. The van der Waals surface area contributed by atoms with E-state index in [0.29, 0.717) is 57.4 Å². The maximum atomic E-state index is 12.2. The number of hydrogen-bond donors (Lipinski definition) is 2. The summed E-state index contributed by atoms with van der Waals surface area (Å²) in [7, 11) is 0. The van der Waals surface area contributed by atoms with Gasteiger partial charge in [-0.1, -0.05) is 6.92 Å². The van der Waals surface area contributed by atoms with Crippen LogP contribution in [0, 0.1) is 11.8 Å². The van der Waals surface area contributed by atoms with Crippen molar-refractivity contribution in [1.82, 2.24) is 20.4 Å². The predicted molar refractivity (Wildman–Crippen MR) is 103 cm³/mol. The number of piperidine rings is 1. The Balaban J connectivity index is 0.00000338. The Morgan fingerprint density at radius 2 is 1.65 bits per heavy atom. The Morgan fingerprint density at radius 3 is 2.23 bits per heavy atom. The zero-order valence-electron chi connectivity index (χ0n) is 16.0. The average Bonchev–Trinajstić information content (AvgIpc) is 2.62. The molecule has 0 spiro atoms.